The number of nitrogens with one attached hydrogen (secondary N) is 2. The maximum absolute atomic E-state index is 13.7. The van der Waals surface area contributed by atoms with Crippen LogP contribution in [0.4, 0.5) is 10.1 Å². The average Bonchev–Trinajstić information content (AvgIpc) is 2.36. The summed E-state index contributed by atoms with van der Waals surface area (Å²) in [6.45, 7) is 4.38. The Bertz CT molecular complexity index is 397. The molecule has 0 bridgehead atoms. The standard InChI is InChI=1S/C13H18ClFN2O/c1-9(7-10-8-18-6-5-16-10)17-12-4-2-3-11(14)13(12)15/h2-4,9-10,16-17H,5-8H2,1H3. The Hall–Kier alpha value is -0.840. The van der Waals surface area contributed by atoms with E-state index in [1.807, 2.05) is 6.92 Å². The predicted octanol–water partition coefficient (Wildman–Crippen LogP) is 2.66. The van der Waals surface area contributed by atoms with Crippen LogP contribution in [0.25, 0.3) is 0 Å². The number of anilines is 1. The third-order valence-electron chi connectivity index (χ3n) is 2.99. The van der Waals surface area contributed by atoms with Gasteiger partial charge in [-0.25, -0.2) is 4.39 Å². The zero-order valence-electron chi connectivity index (χ0n) is 10.4. The minimum Gasteiger partial charge on any atom is -0.380 e. The first-order valence-electron chi connectivity index (χ1n) is 6.18. The Morgan fingerprint density at radius 1 is 1.61 bits per heavy atom. The number of hydrogen-bond acceptors (Lipinski definition) is 3. The van der Waals surface area contributed by atoms with Gasteiger partial charge in [0.1, 0.15) is 0 Å². The summed E-state index contributed by atoms with van der Waals surface area (Å²) in [6, 6.07) is 5.45. The normalized spacial score (nSPS) is 21.6. The second-order valence-electron chi connectivity index (χ2n) is 4.61. The lowest BCUT2D eigenvalue weighted by molar-refractivity contribution is 0.0731. The number of morpholine rings is 1. The maximum atomic E-state index is 13.7. The van der Waals surface area contributed by atoms with Crippen molar-refractivity contribution in [3.8, 4) is 0 Å². The summed E-state index contributed by atoms with van der Waals surface area (Å²) in [7, 11) is 0. The van der Waals surface area contributed by atoms with Crippen molar-refractivity contribution in [2.45, 2.75) is 25.4 Å². The highest BCUT2D eigenvalue weighted by atomic mass is 35.5. The first-order valence-corrected chi connectivity index (χ1v) is 6.56. The minimum atomic E-state index is -0.390. The van der Waals surface area contributed by atoms with E-state index in [1.54, 1.807) is 18.2 Å². The molecular formula is C13H18ClFN2O. The van der Waals surface area contributed by atoms with E-state index >= 15 is 0 Å². The van der Waals surface area contributed by atoms with Crippen LogP contribution in [0.3, 0.4) is 0 Å². The molecule has 0 aromatic heterocycles. The van der Waals surface area contributed by atoms with Gasteiger partial charge in [-0.3, -0.25) is 0 Å². The largest absolute Gasteiger partial charge is 0.380 e. The zero-order chi connectivity index (χ0) is 13.0. The van der Waals surface area contributed by atoms with E-state index in [1.165, 1.54) is 0 Å². The molecule has 18 heavy (non-hydrogen) atoms. The Kier molecular flexibility index (Phi) is 4.80. The fourth-order valence-electron chi connectivity index (χ4n) is 2.14. The van der Waals surface area contributed by atoms with E-state index < -0.39 is 0 Å². The number of ether oxygens (including phenoxy) is 1. The van der Waals surface area contributed by atoms with Crippen LogP contribution in [0.2, 0.25) is 5.02 Å². The van der Waals surface area contributed by atoms with Crippen molar-refractivity contribution in [1.82, 2.24) is 5.32 Å². The number of rotatable bonds is 4. The lowest BCUT2D eigenvalue weighted by Gasteiger charge is -2.27. The molecule has 2 unspecified atom stereocenters. The van der Waals surface area contributed by atoms with Gasteiger partial charge < -0.3 is 15.4 Å². The van der Waals surface area contributed by atoms with Crippen LogP contribution < -0.4 is 10.6 Å². The molecule has 1 saturated heterocycles. The topological polar surface area (TPSA) is 33.3 Å². The SMILES string of the molecule is CC(CC1COCCN1)Nc1cccc(Cl)c1F. The molecule has 1 aromatic rings. The molecule has 1 heterocycles. The third kappa shape index (κ3) is 3.57. The first-order chi connectivity index (χ1) is 8.66. The average molecular weight is 273 g/mol. The first kappa shape index (κ1) is 13.6. The minimum absolute atomic E-state index is 0.145. The van der Waals surface area contributed by atoms with E-state index in [4.69, 9.17) is 16.3 Å². The molecule has 2 atom stereocenters. The molecular weight excluding hydrogens is 255 g/mol. The summed E-state index contributed by atoms with van der Waals surface area (Å²) in [5.41, 5.74) is 0.451. The Morgan fingerprint density at radius 3 is 3.17 bits per heavy atom. The van der Waals surface area contributed by atoms with Gasteiger partial charge in [0.05, 0.1) is 23.9 Å². The Morgan fingerprint density at radius 2 is 2.44 bits per heavy atom. The summed E-state index contributed by atoms with van der Waals surface area (Å²) in [6.07, 6.45) is 0.881. The van der Waals surface area contributed by atoms with Crippen molar-refractivity contribution in [3.63, 3.8) is 0 Å². The van der Waals surface area contributed by atoms with Crippen molar-refractivity contribution in [3.05, 3.63) is 29.0 Å². The molecule has 0 radical (unpaired) electrons. The molecule has 1 aliphatic rings. The molecule has 1 aromatic carbocycles. The highest BCUT2D eigenvalue weighted by Gasteiger charge is 2.17. The molecule has 1 aliphatic heterocycles. The van der Waals surface area contributed by atoms with E-state index in [9.17, 15) is 4.39 Å². The fraction of sp³-hybridized carbons (Fsp3) is 0.538. The molecule has 2 rings (SSSR count). The molecule has 0 amide bonds. The number of halogens is 2. The summed E-state index contributed by atoms with van der Waals surface area (Å²) in [5.74, 6) is -0.390. The summed E-state index contributed by atoms with van der Waals surface area (Å²) in [4.78, 5) is 0. The van der Waals surface area contributed by atoms with Crippen molar-refractivity contribution in [2.24, 2.45) is 0 Å². The van der Waals surface area contributed by atoms with Crippen LogP contribution in [0.5, 0.6) is 0 Å². The zero-order valence-corrected chi connectivity index (χ0v) is 11.1. The van der Waals surface area contributed by atoms with Gasteiger partial charge in [0.25, 0.3) is 0 Å². The molecule has 0 spiro atoms. The Labute approximate surface area is 112 Å². The smallest absolute Gasteiger partial charge is 0.164 e. The second kappa shape index (κ2) is 6.36. The molecule has 1 fully saturated rings. The fourth-order valence-corrected chi connectivity index (χ4v) is 2.31. The van der Waals surface area contributed by atoms with Crippen LogP contribution in [0, 0.1) is 5.82 Å². The monoisotopic (exact) mass is 272 g/mol. The van der Waals surface area contributed by atoms with E-state index in [0.717, 1.165) is 19.6 Å². The van der Waals surface area contributed by atoms with Crippen molar-refractivity contribution in [2.75, 3.05) is 25.1 Å². The van der Waals surface area contributed by atoms with E-state index in [-0.39, 0.29) is 16.9 Å². The van der Waals surface area contributed by atoms with Gasteiger partial charge in [0, 0.05) is 18.6 Å². The van der Waals surface area contributed by atoms with Crippen LogP contribution in [0.15, 0.2) is 18.2 Å². The molecule has 0 aliphatic carbocycles. The summed E-state index contributed by atoms with van der Waals surface area (Å²) >= 11 is 5.74. The summed E-state index contributed by atoms with van der Waals surface area (Å²) < 4.78 is 19.1. The van der Waals surface area contributed by atoms with Gasteiger partial charge in [-0.2, -0.15) is 0 Å². The maximum Gasteiger partial charge on any atom is 0.164 e. The van der Waals surface area contributed by atoms with E-state index in [0.29, 0.717) is 18.3 Å². The summed E-state index contributed by atoms with van der Waals surface area (Å²) in [5, 5.41) is 6.66. The van der Waals surface area contributed by atoms with Crippen LogP contribution in [0.1, 0.15) is 13.3 Å². The van der Waals surface area contributed by atoms with E-state index in [2.05, 4.69) is 10.6 Å². The number of benzene rings is 1. The van der Waals surface area contributed by atoms with Gasteiger partial charge in [-0.05, 0) is 25.5 Å². The van der Waals surface area contributed by atoms with Gasteiger partial charge in [-0.15, -0.1) is 0 Å². The van der Waals surface area contributed by atoms with Gasteiger partial charge in [-0.1, -0.05) is 17.7 Å². The third-order valence-corrected chi connectivity index (χ3v) is 3.28. The van der Waals surface area contributed by atoms with Crippen molar-refractivity contribution >= 4 is 17.3 Å². The lowest BCUT2D eigenvalue weighted by atomic mass is 10.1. The van der Waals surface area contributed by atoms with Crippen LogP contribution in [-0.4, -0.2) is 31.8 Å². The van der Waals surface area contributed by atoms with Gasteiger partial charge >= 0.3 is 0 Å². The molecule has 2 N–H and O–H groups in total. The van der Waals surface area contributed by atoms with Gasteiger partial charge in [0.15, 0.2) is 5.82 Å². The molecule has 100 valence electrons. The predicted molar refractivity (Wildman–Crippen MR) is 71.7 cm³/mol. The van der Waals surface area contributed by atoms with Crippen molar-refractivity contribution < 1.29 is 9.13 Å². The molecule has 0 saturated carbocycles. The second-order valence-corrected chi connectivity index (χ2v) is 5.02. The highest BCUT2D eigenvalue weighted by Crippen LogP contribution is 2.23. The van der Waals surface area contributed by atoms with Crippen LogP contribution in [-0.2, 0) is 4.74 Å². The number of hydrogen-bond donors (Lipinski definition) is 2. The Balaban J connectivity index is 1.90. The van der Waals surface area contributed by atoms with Crippen molar-refractivity contribution in [1.29, 1.82) is 0 Å². The van der Waals surface area contributed by atoms with Gasteiger partial charge in [0.2, 0.25) is 0 Å². The molecule has 3 nitrogen and oxygen atoms in total. The molecule has 5 heteroatoms. The van der Waals surface area contributed by atoms with Crippen LogP contribution >= 0.6 is 11.6 Å². The lowest BCUT2D eigenvalue weighted by Crippen LogP contribution is -2.43. The highest BCUT2D eigenvalue weighted by molar-refractivity contribution is 6.31. The quantitative estimate of drug-likeness (QED) is 0.884.